The molecule has 2 aliphatic rings. The van der Waals surface area contributed by atoms with Crippen LogP contribution in [-0.2, 0) is 4.79 Å². The quantitative estimate of drug-likeness (QED) is 0.905. The van der Waals surface area contributed by atoms with Crippen LogP contribution in [0.3, 0.4) is 0 Å². The minimum absolute atomic E-state index is 0.189. The predicted octanol–water partition coefficient (Wildman–Crippen LogP) is 2.55. The highest BCUT2D eigenvalue weighted by Crippen LogP contribution is 2.47. The normalized spacial score (nSPS) is 27.2. The van der Waals surface area contributed by atoms with E-state index in [9.17, 15) is 4.79 Å². The van der Waals surface area contributed by atoms with Gasteiger partial charge in [-0.15, -0.1) is 0 Å². The molecule has 0 bridgehead atoms. The smallest absolute Gasteiger partial charge is 0.226 e. The zero-order chi connectivity index (χ0) is 13.2. The van der Waals surface area contributed by atoms with Gasteiger partial charge in [-0.3, -0.25) is 4.79 Å². The summed E-state index contributed by atoms with van der Waals surface area (Å²) in [6.07, 6.45) is 11.2. The third-order valence-corrected chi connectivity index (χ3v) is 4.66. The Hall–Kier alpha value is -1.32. The zero-order valence-electron chi connectivity index (χ0n) is 11.6. The van der Waals surface area contributed by atoms with Gasteiger partial charge in [-0.25, -0.2) is 4.98 Å². The van der Waals surface area contributed by atoms with Crippen LogP contribution in [0.25, 0.3) is 0 Å². The molecule has 19 heavy (non-hydrogen) atoms. The molecule has 4 nitrogen and oxygen atoms in total. The van der Waals surface area contributed by atoms with Crippen molar-refractivity contribution in [2.45, 2.75) is 44.4 Å². The molecule has 2 saturated carbocycles. The minimum atomic E-state index is 0.189. The van der Waals surface area contributed by atoms with Gasteiger partial charge < -0.3 is 9.88 Å². The number of H-pyrrole nitrogens is 1. The second-order valence-corrected chi connectivity index (χ2v) is 6.18. The number of nitrogens with one attached hydrogen (secondary N) is 1. The van der Waals surface area contributed by atoms with Crippen molar-refractivity contribution in [3.8, 4) is 0 Å². The van der Waals surface area contributed by atoms with Crippen LogP contribution in [-0.4, -0.2) is 34.4 Å². The summed E-state index contributed by atoms with van der Waals surface area (Å²) in [5.74, 6) is 1.62. The summed E-state index contributed by atoms with van der Waals surface area (Å²) < 4.78 is 0. The predicted molar refractivity (Wildman–Crippen MR) is 73.6 cm³/mol. The molecule has 2 atom stereocenters. The van der Waals surface area contributed by atoms with E-state index >= 15 is 0 Å². The van der Waals surface area contributed by atoms with E-state index in [1.165, 1.54) is 32.1 Å². The summed E-state index contributed by atoms with van der Waals surface area (Å²) in [7, 11) is 1.97. The van der Waals surface area contributed by atoms with Crippen LogP contribution in [0.5, 0.6) is 0 Å². The Labute approximate surface area is 114 Å². The fourth-order valence-corrected chi connectivity index (χ4v) is 3.41. The Balaban J connectivity index is 1.50. The lowest BCUT2D eigenvalue weighted by molar-refractivity contribution is -0.132. The average molecular weight is 261 g/mol. The first kappa shape index (κ1) is 12.7. The maximum atomic E-state index is 12.4. The highest BCUT2D eigenvalue weighted by atomic mass is 16.2. The van der Waals surface area contributed by atoms with Crippen LogP contribution in [0.2, 0.25) is 0 Å². The van der Waals surface area contributed by atoms with Crippen molar-refractivity contribution in [1.82, 2.24) is 14.9 Å². The van der Waals surface area contributed by atoms with Crippen molar-refractivity contribution in [3.63, 3.8) is 0 Å². The molecule has 0 aliphatic heterocycles. The molecule has 1 heterocycles. The van der Waals surface area contributed by atoms with Crippen LogP contribution in [0.15, 0.2) is 12.5 Å². The molecule has 2 fully saturated rings. The van der Waals surface area contributed by atoms with Gasteiger partial charge >= 0.3 is 0 Å². The molecule has 0 saturated heterocycles. The largest absolute Gasteiger partial charge is 0.348 e. The standard InChI is InChI=1S/C15H23N3O/c1-18(9-11-5-3-2-4-6-11)15(19)13-7-12(13)14-8-16-10-17-14/h8,10-13H,2-7,9H2,1H3,(H,16,17)/t12-,13?/m1/s1. The molecule has 4 heteroatoms. The van der Waals surface area contributed by atoms with E-state index in [0.29, 0.717) is 11.8 Å². The molecular formula is C15H23N3O. The van der Waals surface area contributed by atoms with E-state index in [-0.39, 0.29) is 5.92 Å². The Kier molecular flexibility index (Phi) is 3.58. The summed E-state index contributed by atoms with van der Waals surface area (Å²) in [6.45, 7) is 0.949. The van der Waals surface area contributed by atoms with Crippen molar-refractivity contribution in [2.75, 3.05) is 13.6 Å². The maximum absolute atomic E-state index is 12.4. The van der Waals surface area contributed by atoms with E-state index in [2.05, 4.69) is 9.97 Å². The van der Waals surface area contributed by atoms with Crippen molar-refractivity contribution in [1.29, 1.82) is 0 Å². The van der Waals surface area contributed by atoms with E-state index in [4.69, 9.17) is 0 Å². The van der Waals surface area contributed by atoms with Gasteiger partial charge in [0.15, 0.2) is 0 Å². The van der Waals surface area contributed by atoms with Gasteiger partial charge in [-0.1, -0.05) is 19.3 Å². The Bertz CT molecular complexity index is 423. The van der Waals surface area contributed by atoms with Crippen molar-refractivity contribution < 1.29 is 4.79 Å². The van der Waals surface area contributed by atoms with Gasteiger partial charge in [-0.05, 0) is 25.2 Å². The fraction of sp³-hybridized carbons (Fsp3) is 0.733. The van der Waals surface area contributed by atoms with Crippen LogP contribution < -0.4 is 0 Å². The van der Waals surface area contributed by atoms with Gasteiger partial charge in [0.05, 0.1) is 6.33 Å². The summed E-state index contributed by atoms with van der Waals surface area (Å²) >= 11 is 0. The Morgan fingerprint density at radius 1 is 1.42 bits per heavy atom. The number of carbonyl (C=O) groups is 1. The first-order valence-electron chi connectivity index (χ1n) is 7.49. The van der Waals surface area contributed by atoms with E-state index < -0.39 is 0 Å². The lowest BCUT2D eigenvalue weighted by Gasteiger charge is -2.27. The molecule has 0 radical (unpaired) electrons. The van der Waals surface area contributed by atoms with Gasteiger partial charge in [0.1, 0.15) is 0 Å². The molecule has 3 rings (SSSR count). The van der Waals surface area contributed by atoms with Gasteiger partial charge in [0.25, 0.3) is 0 Å². The number of carbonyl (C=O) groups excluding carboxylic acids is 1. The SMILES string of the molecule is CN(CC1CCCCC1)C(=O)C1C[C@H]1c1cnc[nH]1. The second-order valence-electron chi connectivity index (χ2n) is 6.18. The summed E-state index contributed by atoms with van der Waals surface area (Å²) in [6, 6.07) is 0. The third-order valence-electron chi connectivity index (χ3n) is 4.66. The second kappa shape index (κ2) is 5.35. The maximum Gasteiger partial charge on any atom is 0.226 e. The molecule has 1 aromatic heterocycles. The number of aromatic amines is 1. The summed E-state index contributed by atoms with van der Waals surface area (Å²) in [4.78, 5) is 21.5. The first-order chi connectivity index (χ1) is 9.25. The highest BCUT2D eigenvalue weighted by Gasteiger charge is 2.46. The number of nitrogens with zero attached hydrogens (tertiary/aromatic N) is 2. The molecule has 0 aromatic carbocycles. The van der Waals surface area contributed by atoms with Crippen molar-refractivity contribution in [2.24, 2.45) is 11.8 Å². The van der Waals surface area contributed by atoms with Gasteiger partial charge in [0.2, 0.25) is 5.91 Å². The summed E-state index contributed by atoms with van der Waals surface area (Å²) in [5, 5.41) is 0. The number of rotatable bonds is 4. The lowest BCUT2D eigenvalue weighted by atomic mass is 9.89. The van der Waals surface area contributed by atoms with Crippen molar-refractivity contribution in [3.05, 3.63) is 18.2 Å². The van der Waals surface area contributed by atoms with Crippen LogP contribution >= 0.6 is 0 Å². The van der Waals surface area contributed by atoms with E-state index in [1.54, 1.807) is 6.33 Å². The topological polar surface area (TPSA) is 49.0 Å². The number of hydrogen-bond acceptors (Lipinski definition) is 2. The molecule has 1 amide bonds. The number of imidazole rings is 1. The lowest BCUT2D eigenvalue weighted by Crippen LogP contribution is -2.34. The number of hydrogen-bond donors (Lipinski definition) is 1. The number of amides is 1. The third kappa shape index (κ3) is 2.82. The molecule has 1 aromatic rings. The molecule has 104 valence electrons. The van der Waals surface area contributed by atoms with Gasteiger partial charge in [0, 0.05) is 37.3 Å². The highest BCUT2D eigenvalue weighted by molar-refractivity contribution is 5.82. The molecule has 1 N–H and O–H groups in total. The van der Waals surface area contributed by atoms with E-state index in [1.807, 2.05) is 18.1 Å². The average Bonchev–Trinajstić information content (AvgIpc) is 3.04. The zero-order valence-corrected chi connectivity index (χ0v) is 11.6. The Morgan fingerprint density at radius 3 is 2.89 bits per heavy atom. The van der Waals surface area contributed by atoms with Crippen LogP contribution in [0.1, 0.15) is 50.1 Å². The molecular weight excluding hydrogens is 238 g/mol. The van der Waals surface area contributed by atoms with Crippen LogP contribution in [0.4, 0.5) is 0 Å². The fourth-order valence-electron chi connectivity index (χ4n) is 3.41. The minimum Gasteiger partial charge on any atom is -0.348 e. The molecule has 1 unspecified atom stereocenters. The van der Waals surface area contributed by atoms with Crippen LogP contribution in [0, 0.1) is 11.8 Å². The summed E-state index contributed by atoms with van der Waals surface area (Å²) in [5.41, 5.74) is 1.12. The van der Waals surface area contributed by atoms with E-state index in [0.717, 1.165) is 24.6 Å². The van der Waals surface area contributed by atoms with Crippen molar-refractivity contribution >= 4 is 5.91 Å². The Morgan fingerprint density at radius 2 is 2.21 bits per heavy atom. The number of aromatic nitrogens is 2. The first-order valence-corrected chi connectivity index (χ1v) is 7.49. The monoisotopic (exact) mass is 261 g/mol. The molecule has 2 aliphatic carbocycles. The van der Waals surface area contributed by atoms with Gasteiger partial charge in [-0.2, -0.15) is 0 Å². The molecule has 0 spiro atoms.